The van der Waals surface area contributed by atoms with Gasteiger partial charge in [-0.05, 0) is 30.7 Å². The third-order valence-electron chi connectivity index (χ3n) is 5.49. The van der Waals surface area contributed by atoms with Gasteiger partial charge in [0.25, 0.3) is 5.91 Å². The van der Waals surface area contributed by atoms with E-state index in [0.29, 0.717) is 29.5 Å². The van der Waals surface area contributed by atoms with Crippen LogP contribution in [0, 0.1) is 0 Å². The number of aromatic nitrogens is 3. The maximum atomic E-state index is 13.0. The van der Waals surface area contributed by atoms with E-state index in [4.69, 9.17) is 9.15 Å². The van der Waals surface area contributed by atoms with Crippen LogP contribution in [0.1, 0.15) is 34.4 Å². The Labute approximate surface area is 201 Å². The molecule has 1 radical (unpaired) electrons. The molecule has 2 N–H and O–H groups in total. The summed E-state index contributed by atoms with van der Waals surface area (Å²) >= 11 is 0. The fourth-order valence-corrected chi connectivity index (χ4v) is 5.70. The minimum atomic E-state index is -4.76. The minimum absolute atomic E-state index is 0.197. The van der Waals surface area contributed by atoms with E-state index in [0.717, 1.165) is 12.1 Å². The highest BCUT2D eigenvalue weighted by molar-refractivity contribution is 6.60. The van der Waals surface area contributed by atoms with Crippen molar-refractivity contribution < 1.29 is 45.0 Å². The van der Waals surface area contributed by atoms with Crippen molar-refractivity contribution in [2.45, 2.75) is 31.0 Å². The molecule has 1 saturated heterocycles. The van der Waals surface area contributed by atoms with E-state index in [1.807, 2.05) is 0 Å². The molecular formula is C20H20F6N5O4Si. The number of carbonyl (C=O) groups is 1. The first-order chi connectivity index (χ1) is 16.9. The molecule has 1 aliphatic heterocycles. The van der Waals surface area contributed by atoms with E-state index in [2.05, 4.69) is 25.2 Å². The average molecular weight is 536 g/mol. The van der Waals surface area contributed by atoms with E-state index in [-0.39, 0.29) is 29.6 Å². The smallest absolute Gasteiger partial charge is 0.447 e. The normalized spacial score (nSPS) is 17.5. The van der Waals surface area contributed by atoms with Crippen molar-refractivity contribution in [1.29, 1.82) is 0 Å². The van der Waals surface area contributed by atoms with E-state index in [1.54, 1.807) is 6.07 Å². The molecule has 1 atom stereocenters. The van der Waals surface area contributed by atoms with Gasteiger partial charge in [-0.3, -0.25) is 9.53 Å². The van der Waals surface area contributed by atoms with E-state index in [1.165, 1.54) is 17.7 Å². The topological polar surface area (TPSA) is 103 Å². The third kappa shape index (κ3) is 6.17. The predicted octanol–water partition coefficient (Wildman–Crippen LogP) is 3.49. The zero-order chi connectivity index (χ0) is 26.1. The maximum absolute atomic E-state index is 13.0. The number of hydrogen-bond donors (Lipinski definition) is 2. The molecule has 0 saturated carbocycles. The molecule has 1 fully saturated rings. The fourth-order valence-electron chi connectivity index (χ4n) is 3.73. The van der Waals surface area contributed by atoms with Crippen molar-refractivity contribution in [3.05, 3.63) is 41.4 Å². The van der Waals surface area contributed by atoms with Crippen LogP contribution in [-0.4, -0.2) is 55.4 Å². The minimum Gasteiger partial charge on any atom is -0.447 e. The van der Waals surface area contributed by atoms with Gasteiger partial charge in [0, 0.05) is 24.1 Å². The Balaban J connectivity index is 1.30. The maximum Gasteiger partial charge on any atom is 0.522 e. The number of fused-ring (bicyclic) bond motifs is 1. The first-order valence-corrected chi connectivity index (χ1v) is 12.5. The van der Waals surface area contributed by atoms with E-state index < -0.39 is 40.3 Å². The number of amides is 1. The molecule has 1 amide bonds. The Hall–Kier alpha value is -3.11. The first kappa shape index (κ1) is 26.0. The number of hydrogen-bond acceptors (Lipinski definition) is 7. The lowest BCUT2D eigenvalue weighted by molar-refractivity contribution is -0.325. The van der Waals surface area contributed by atoms with Gasteiger partial charge in [0.05, 0.1) is 18.2 Å². The number of alkyl halides is 6. The molecule has 2 aromatic heterocycles. The van der Waals surface area contributed by atoms with E-state index >= 15 is 0 Å². The van der Waals surface area contributed by atoms with Crippen molar-refractivity contribution in [3.63, 3.8) is 0 Å². The van der Waals surface area contributed by atoms with Gasteiger partial charge in [-0.25, -0.2) is 0 Å². The zero-order valence-corrected chi connectivity index (χ0v) is 19.7. The molecular weight excluding hydrogens is 516 g/mol. The summed E-state index contributed by atoms with van der Waals surface area (Å²) in [6.45, 7) is -1.15. The van der Waals surface area contributed by atoms with Crippen molar-refractivity contribution in [3.8, 4) is 6.08 Å². The molecule has 36 heavy (non-hydrogen) atoms. The van der Waals surface area contributed by atoms with Crippen LogP contribution in [0.5, 0.6) is 6.08 Å². The number of nitrogens with one attached hydrogen (secondary N) is 2. The predicted molar refractivity (Wildman–Crippen MR) is 113 cm³/mol. The second kappa shape index (κ2) is 10.1. The fraction of sp³-hybridized carbons (Fsp3) is 0.450. The van der Waals surface area contributed by atoms with Crippen molar-refractivity contribution in [2.24, 2.45) is 7.05 Å². The molecule has 4 rings (SSSR count). The lowest BCUT2D eigenvalue weighted by atomic mass is 10.1. The van der Waals surface area contributed by atoms with Crippen LogP contribution in [0.3, 0.4) is 0 Å². The Morgan fingerprint density at radius 3 is 2.67 bits per heavy atom. The molecule has 0 bridgehead atoms. The lowest BCUT2D eigenvalue weighted by Gasteiger charge is -2.26. The van der Waals surface area contributed by atoms with Crippen molar-refractivity contribution >= 4 is 25.8 Å². The first-order valence-electron chi connectivity index (χ1n) is 10.6. The molecule has 1 aliphatic rings. The number of nitrogens with zero attached hydrogens (tertiary/aromatic N) is 3. The Morgan fingerprint density at radius 2 is 2.00 bits per heavy atom. The monoisotopic (exact) mass is 536 g/mol. The summed E-state index contributed by atoms with van der Waals surface area (Å²) in [4.78, 5) is 15.8. The van der Waals surface area contributed by atoms with Gasteiger partial charge in [0.1, 0.15) is 12.3 Å². The van der Waals surface area contributed by atoms with Gasteiger partial charge in [0.15, 0.2) is 8.96 Å². The molecule has 1 aromatic carbocycles. The molecule has 3 heterocycles. The summed E-state index contributed by atoms with van der Waals surface area (Å²) in [7, 11) is 0.145. The van der Waals surface area contributed by atoms with Crippen LogP contribution < -0.4 is 15.0 Å². The highest BCUT2D eigenvalue weighted by Gasteiger charge is 2.32. The van der Waals surface area contributed by atoms with Crippen LogP contribution in [0.2, 0.25) is 6.04 Å². The SMILES string of the molecule is Cn1c(C(=O)N[Si]2CC[C@H](c3nnc(OCCOC(F)(F)F)o3)NC2)cc2ccc(C(F)(F)F)cc21. The average Bonchev–Trinajstić information content (AvgIpc) is 3.40. The highest BCUT2D eigenvalue weighted by Crippen LogP contribution is 2.32. The second-order valence-corrected chi connectivity index (χ2v) is 10.2. The summed E-state index contributed by atoms with van der Waals surface area (Å²) in [5.41, 5.74) is -0.243. The highest BCUT2D eigenvalue weighted by atomic mass is 28.3. The van der Waals surface area contributed by atoms with Crippen molar-refractivity contribution in [1.82, 2.24) is 25.1 Å². The molecule has 3 aromatic rings. The number of ether oxygens (including phenoxy) is 2. The van der Waals surface area contributed by atoms with Gasteiger partial charge < -0.3 is 24.0 Å². The van der Waals surface area contributed by atoms with E-state index in [9.17, 15) is 31.1 Å². The Kier molecular flexibility index (Phi) is 7.28. The number of rotatable bonds is 7. The Morgan fingerprint density at radius 1 is 1.22 bits per heavy atom. The summed E-state index contributed by atoms with van der Waals surface area (Å²) in [6.07, 6.45) is -8.54. The van der Waals surface area contributed by atoms with Gasteiger partial charge in [-0.1, -0.05) is 11.2 Å². The van der Waals surface area contributed by atoms with Gasteiger partial charge in [0.2, 0.25) is 5.89 Å². The van der Waals surface area contributed by atoms with Crippen LogP contribution in [0.25, 0.3) is 10.9 Å². The number of benzene rings is 1. The molecule has 9 nitrogen and oxygen atoms in total. The number of aryl methyl sites for hydroxylation is 1. The standard InChI is InChI=1S/C20H20F6N5O4Si/c1-31-14-9-12(19(21,22)23)3-2-11(14)8-15(31)16(32)30-36-7-4-13(27-10-36)17-28-29-18(35-17)33-5-6-34-20(24,25)26/h2-3,8-9,13,27H,4-7,10H2,1H3,(H,30,32)/t13-/m1/s1. The quantitative estimate of drug-likeness (QED) is 0.271. The van der Waals surface area contributed by atoms with Crippen LogP contribution in [0.4, 0.5) is 26.3 Å². The molecule has 0 unspecified atom stereocenters. The Bertz CT molecular complexity index is 1220. The molecule has 0 spiro atoms. The number of carbonyl (C=O) groups excluding carboxylic acids is 1. The largest absolute Gasteiger partial charge is 0.522 e. The lowest BCUT2D eigenvalue weighted by Crippen LogP contribution is -2.50. The van der Waals surface area contributed by atoms with Gasteiger partial charge in [-0.15, -0.1) is 18.3 Å². The molecule has 195 valence electrons. The summed E-state index contributed by atoms with van der Waals surface area (Å²) in [5.74, 6) is -0.186. The van der Waals surface area contributed by atoms with Crippen LogP contribution in [-0.2, 0) is 18.0 Å². The van der Waals surface area contributed by atoms with Gasteiger partial charge in [-0.2, -0.15) is 13.2 Å². The van der Waals surface area contributed by atoms with Gasteiger partial charge >= 0.3 is 18.6 Å². The third-order valence-corrected chi connectivity index (χ3v) is 7.59. The van der Waals surface area contributed by atoms with Crippen LogP contribution in [0.15, 0.2) is 28.7 Å². The molecule has 0 aliphatic carbocycles. The summed E-state index contributed by atoms with van der Waals surface area (Å²) in [6, 6.07) is 5.18. The summed E-state index contributed by atoms with van der Waals surface area (Å²) in [5, 5.41) is 11.2. The van der Waals surface area contributed by atoms with Crippen LogP contribution >= 0.6 is 0 Å². The summed E-state index contributed by atoms with van der Waals surface area (Å²) < 4.78 is 90.3. The zero-order valence-electron chi connectivity index (χ0n) is 18.7. The number of halogens is 6. The molecule has 16 heteroatoms. The second-order valence-electron chi connectivity index (χ2n) is 7.94. The van der Waals surface area contributed by atoms with Crippen molar-refractivity contribution in [2.75, 3.05) is 19.4 Å².